The molecule has 2 aromatic rings. The van der Waals surface area contributed by atoms with Gasteiger partial charge in [-0.15, -0.1) is 0 Å². The molecule has 1 amide bonds. The number of anilines is 1. The Morgan fingerprint density at radius 2 is 1.63 bits per heavy atom. The van der Waals surface area contributed by atoms with Gasteiger partial charge in [0.25, 0.3) is 0 Å². The summed E-state index contributed by atoms with van der Waals surface area (Å²) in [5.41, 5.74) is 0.433. The molecule has 0 unspecified atom stereocenters. The number of halogens is 1. The van der Waals surface area contributed by atoms with Gasteiger partial charge in [-0.25, -0.2) is 12.8 Å². The molecule has 0 atom stereocenters. The molecule has 0 heterocycles. The second kappa shape index (κ2) is 8.63. The van der Waals surface area contributed by atoms with E-state index in [0.717, 1.165) is 32.1 Å². The SMILES string of the molecule is O=C(CN(C1CCCCC1)S(=O)(=O)c1ccccc1)Nc1ccc(F)cc1. The van der Waals surface area contributed by atoms with Gasteiger partial charge in [0, 0.05) is 11.7 Å². The second-order valence-electron chi connectivity index (χ2n) is 6.71. The van der Waals surface area contributed by atoms with Crippen molar-refractivity contribution in [2.24, 2.45) is 0 Å². The van der Waals surface area contributed by atoms with Crippen LogP contribution < -0.4 is 5.32 Å². The van der Waals surface area contributed by atoms with Gasteiger partial charge in [-0.05, 0) is 49.2 Å². The first-order valence-electron chi connectivity index (χ1n) is 9.09. The van der Waals surface area contributed by atoms with Gasteiger partial charge < -0.3 is 5.32 Å². The molecular formula is C20H23FN2O3S. The molecular weight excluding hydrogens is 367 g/mol. The van der Waals surface area contributed by atoms with Gasteiger partial charge in [-0.2, -0.15) is 4.31 Å². The molecule has 1 aliphatic rings. The Bertz CT molecular complexity index is 864. The number of carbonyl (C=O) groups is 1. The predicted molar refractivity (Wildman–Crippen MR) is 102 cm³/mol. The summed E-state index contributed by atoms with van der Waals surface area (Å²) >= 11 is 0. The fourth-order valence-corrected chi connectivity index (χ4v) is 5.04. The summed E-state index contributed by atoms with van der Waals surface area (Å²) in [5, 5.41) is 2.65. The minimum absolute atomic E-state index is 0.185. The topological polar surface area (TPSA) is 66.5 Å². The van der Waals surface area contributed by atoms with E-state index in [9.17, 15) is 17.6 Å². The van der Waals surface area contributed by atoms with Crippen LogP contribution in [0.15, 0.2) is 59.5 Å². The molecule has 0 aliphatic heterocycles. The number of carbonyl (C=O) groups excluding carboxylic acids is 1. The zero-order valence-corrected chi connectivity index (χ0v) is 15.8. The molecule has 1 N–H and O–H groups in total. The Morgan fingerprint density at radius 3 is 2.26 bits per heavy atom. The van der Waals surface area contributed by atoms with Crippen molar-refractivity contribution in [3.8, 4) is 0 Å². The third kappa shape index (κ3) is 4.93. The minimum atomic E-state index is -3.78. The van der Waals surface area contributed by atoms with E-state index in [1.807, 2.05) is 0 Å². The number of amides is 1. The van der Waals surface area contributed by atoms with Crippen molar-refractivity contribution >= 4 is 21.6 Å². The molecule has 0 bridgehead atoms. The molecule has 1 aliphatic carbocycles. The number of sulfonamides is 1. The smallest absolute Gasteiger partial charge is 0.243 e. The highest BCUT2D eigenvalue weighted by Crippen LogP contribution is 2.27. The van der Waals surface area contributed by atoms with Crippen molar-refractivity contribution in [3.63, 3.8) is 0 Å². The molecule has 0 saturated heterocycles. The monoisotopic (exact) mass is 390 g/mol. The third-order valence-corrected chi connectivity index (χ3v) is 6.67. The summed E-state index contributed by atoms with van der Waals surface area (Å²) in [6, 6.07) is 13.4. The van der Waals surface area contributed by atoms with Crippen molar-refractivity contribution < 1.29 is 17.6 Å². The average molecular weight is 390 g/mol. The van der Waals surface area contributed by atoms with Gasteiger partial charge in [0.15, 0.2) is 0 Å². The van der Waals surface area contributed by atoms with E-state index < -0.39 is 21.7 Å². The molecule has 27 heavy (non-hydrogen) atoms. The van der Waals surface area contributed by atoms with Crippen LogP contribution in [-0.4, -0.2) is 31.2 Å². The molecule has 7 heteroatoms. The predicted octanol–water partition coefficient (Wildman–Crippen LogP) is 3.79. The first-order valence-corrected chi connectivity index (χ1v) is 10.5. The molecule has 1 fully saturated rings. The molecule has 2 aromatic carbocycles. The van der Waals surface area contributed by atoms with Crippen LogP contribution in [-0.2, 0) is 14.8 Å². The average Bonchev–Trinajstić information content (AvgIpc) is 2.69. The number of benzene rings is 2. The summed E-state index contributed by atoms with van der Waals surface area (Å²) in [5.74, 6) is -0.838. The number of hydrogen-bond acceptors (Lipinski definition) is 3. The summed E-state index contributed by atoms with van der Waals surface area (Å²) in [7, 11) is -3.78. The molecule has 144 valence electrons. The number of hydrogen-bond donors (Lipinski definition) is 1. The fourth-order valence-electron chi connectivity index (χ4n) is 3.38. The highest BCUT2D eigenvalue weighted by molar-refractivity contribution is 7.89. The summed E-state index contributed by atoms with van der Waals surface area (Å²) in [6.07, 6.45) is 4.47. The zero-order valence-electron chi connectivity index (χ0n) is 15.0. The fraction of sp³-hybridized carbons (Fsp3) is 0.350. The van der Waals surface area contributed by atoms with Crippen LogP contribution in [0.1, 0.15) is 32.1 Å². The van der Waals surface area contributed by atoms with Crippen LogP contribution >= 0.6 is 0 Å². The lowest BCUT2D eigenvalue weighted by atomic mass is 9.95. The first kappa shape index (κ1) is 19.5. The van der Waals surface area contributed by atoms with Crippen molar-refractivity contribution in [3.05, 3.63) is 60.4 Å². The molecule has 3 rings (SSSR count). The Hall–Kier alpha value is -2.25. The van der Waals surface area contributed by atoms with Gasteiger partial charge in [-0.1, -0.05) is 37.5 Å². The Labute approximate surface area is 159 Å². The van der Waals surface area contributed by atoms with E-state index in [2.05, 4.69) is 5.32 Å². The number of nitrogens with zero attached hydrogens (tertiary/aromatic N) is 1. The standard InChI is InChI=1S/C20H23FN2O3S/c21-16-11-13-17(14-12-16)22-20(24)15-23(18-7-3-1-4-8-18)27(25,26)19-9-5-2-6-10-19/h2,5-6,9-14,18H,1,3-4,7-8,15H2,(H,22,24). The van der Waals surface area contributed by atoms with Crippen LogP contribution in [0.3, 0.4) is 0 Å². The highest BCUT2D eigenvalue weighted by atomic mass is 32.2. The van der Waals surface area contributed by atoms with Crippen molar-refractivity contribution in [2.45, 2.75) is 43.0 Å². The van der Waals surface area contributed by atoms with Gasteiger partial charge in [0.05, 0.1) is 11.4 Å². The largest absolute Gasteiger partial charge is 0.325 e. The van der Waals surface area contributed by atoms with E-state index >= 15 is 0 Å². The lowest BCUT2D eigenvalue weighted by molar-refractivity contribution is -0.116. The van der Waals surface area contributed by atoms with Crippen molar-refractivity contribution in [1.82, 2.24) is 4.31 Å². The Balaban J connectivity index is 1.81. The van der Waals surface area contributed by atoms with Gasteiger partial charge in [0.2, 0.25) is 15.9 Å². The Morgan fingerprint density at radius 1 is 1.00 bits per heavy atom. The van der Waals surface area contributed by atoms with E-state index in [1.54, 1.807) is 30.3 Å². The van der Waals surface area contributed by atoms with Crippen LogP contribution in [0.5, 0.6) is 0 Å². The van der Waals surface area contributed by atoms with Gasteiger partial charge >= 0.3 is 0 Å². The normalized spacial score (nSPS) is 15.6. The molecule has 0 radical (unpaired) electrons. The van der Waals surface area contributed by atoms with Gasteiger partial charge in [-0.3, -0.25) is 4.79 Å². The van der Waals surface area contributed by atoms with Crippen LogP contribution in [0.4, 0.5) is 10.1 Å². The molecule has 1 saturated carbocycles. The number of rotatable bonds is 6. The van der Waals surface area contributed by atoms with Crippen molar-refractivity contribution in [2.75, 3.05) is 11.9 Å². The van der Waals surface area contributed by atoms with Crippen LogP contribution in [0.2, 0.25) is 0 Å². The maximum atomic E-state index is 13.2. The highest BCUT2D eigenvalue weighted by Gasteiger charge is 2.33. The van der Waals surface area contributed by atoms with Crippen LogP contribution in [0.25, 0.3) is 0 Å². The first-order chi connectivity index (χ1) is 13.0. The quantitative estimate of drug-likeness (QED) is 0.816. The van der Waals surface area contributed by atoms with Gasteiger partial charge in [0.1, 0.15) is 5.82 Å². The lowest BCUT2D eigenvalue weighted by Gasteiger charge is -2.33. The van der Waals surface area contributed by atoms with E-state index in [0.29, 0.717) is 5.69 Å². The maximum Gasteiger partial charge on any atom is 0.243 e. The Kier molecular flexibility index (Phi) is 6.23. The van der Waals surface area contributed by atoms with Crippen molar-refractivity contribution in [1.29, 1.82) is 0 Å². The van der Waals surface area contributed by atoms with E-state index in [-0.39, 0.29) is 17.5 Å². The van der Waals surface area contributed by atoms with Crippen LogP contribution in [0, 0.1) is 5.82 Å². The van der Waals surface area contributed by atoms with E-state index in [1.165, 1.54) is 28.6 Å². The van der Waals surface area contributed by atoms with E-state index in [4.69, 9.17) is 0 Å². The molecule has 5 nitrogen and oxygen atoms in total. The minimum Gasteiger partial charge on any atom is -0.325 e. The summed E-state index contributed by atoms with van der Waals surface area (Å²) in [6.45, 7) is -0.265. The summed E-state index contributed by atoms with van der Waals surface area (Å²) in [4.78, 5) is 12.7. The molecule has 0 spiro atoms. The maximum absolute atomic E-state index is 13.2. The number of nitrogens with one attached hydrogen (secondary N) is 1. The third-order valence-electron chi connectivity index (χ3n) is 4.76. The molecule has 0 aromatic heterocycles. The zero-order chi connectivity index (χ0) is 19.3. The lowest BCUT2D eigenvalue weighted by Crippen LogP contribution is -2.45. The second-order valence-corrected chi connectivity index (χ2v) is 8.60. The summed E-state index contributed by atoms with van der Waals surface area (Å²) < 4.78 is 40.7.